The van der Waals surface area contributed by atoms with Gasteiger partial charge in [-0.15, -0.1) is 0 Å². The van der Waals surface area contributed by atoms with E-state index in [1.165, 1.54) is 32.1 Å². The number of urea groups is 1. The van der Waals surface area contributed by atoms with E-state index in [1.807, 2.05) is 16.8 Å². The zero-order valence-corrected chi connectivity index (χ0v) is 12.4. The highest BCUT2D eigenvalue weighted by molar-refractivity contribution is 5.75. The first-order valence-corrected chi connectivity index (χ1v) is 7.92. The monoisotopic (exact) mass is 267 g/mol. The van der Waals surface area contributed by atoms with Crippen LogP contribution in [0.5, 0.6) is 0 Å². The van der Waals surface area contributed by atoms with Crippen molar-refractivity contribution in [1.82, 2.24) is 9.80 Å². The van der Waals surface area contributed by atoms with Crippen molar-refractivity contribution in [2.24, 2.45) is 5.73 Å². The molecule has 2 fully saturated rings. The molecule has 0 aromatic carbocycles. The summed E-state index contributed by atoms with van der Waals surface area (Å²) in [7, 11) is 1.96. The molecule has 19 heavy (non-hydrogen) atoms. The largest absolute Gasteiger partial charge is 0.328 e. The third-order valence-corrected chi connectivity index (χ3v) is 5.04. The molecule has 0 bridgehead atoms. The Balaban J connectivity index is 2.03. The van der Waals surface area contributed by atoms with E-state index >= 15 is 0 Å². The number of amides is 2. The number of nitrogens with two attached hydrogens (primary N) is 1. The minimum atomic E-state index is -0.0817. The van der Waals surface area contributed by atoms with Crippen LogP contribution in [-0.2, 0) is 0 Å². The molecule has 0 aromatic rings. The Kier molecular flexibility index (Phi) is 5.08. The first-order valence-electron chi connectivity index (χ1n) is 7.92. The van der Waals surface area contributed by atoms with Gasteiger partial charge in [0.15, 0.2) is 0 Å². The topological polar surface area (TPSA) is 49.6 Å². The van der Waals surface area contributed by atoms with E-state index < -0.39 is 0 Å². The predicted octanol–water partition coefficient (Wildman–Crippen LogP) is 2.58. The number of likely N-dealkylation sites (tertiary alicyclic amines) is 1. The molecular weight excluding hydrogens is 238 g/mol. The Morgan fingerprint density at radius 1 is 1.05 bits per heavy atom. The lowest BCUT2D eigenvalue weighted by atomic mass is 9.80. The number of hydrogen-bond donors (Lipinski definition) is 1. The highest BCUT2D eigenvalue weighted by Gasteiger charge is 2.38. The Hall–Kier alpha value is -0.770. The zero-order valence-electron chi connectivity index (χ0n) is 12.4. The van der Waals surface area contributed by atoms with Crippen LogP contribution in [0.2, 0.25) is 0 Å². The summed E-state index contributed by atoms with van der Waals surface area (Å²) in [5.74, 6) is 0. The van der Waals surface area contributed by atoms with Gasteiger partial charge in [-0.25, -0.2) is 4.79 Å². The third kappa shape index (κ3) is 3.22. The smallest absolute Gasteiger partial charge is 0.320 e. The van der Waals surface area contributed by atoms with Crippen LogP contribution in [0, 0.1) is 0 Å². The number of rotatable bonds is 2. The van der Waals surface area contributed by atoms with E-state index in [0.717, 1.165) is 38.8 Å². The molecule has 2 N–H and O–H groups in total. The molecule has 2 amide bonds. The lowest BCUT2D eigenvalue weighted by Gasteiger charge is -2.45. The minimum Gasteiger partial charge on any atom is -0.328 e. The molecule has 1 aliphatic carbocycles. The van der Waals surface area contributed by atoms with Crippen molar-refractivity contribution in [3.8, 4) is 0 Å². The fourth-order valence-corrected chi connectivity index (χ4v) is 3.56. The normalized spacial score (nSPS) is 23.8. The molecule has 0 unspecified atom stereocenters. The van der Waals surface area contributed by atoms with Gasteiger partial charge in [0.05, 0.1) is 5.54 Å². The first kappa shape index (κ1) is 14.6. The van der Waals surface area contributed by atoms with Gasteiger partial charge in [-0.3, -0.25) is 0 Å². The average molecular weight is 267 g/mol. The summed E-state index contributed by atoms with van der Waals surface area (Å²) in [5.41, 5.74) is 5.94. The van der Waals surface area contributed by atoms with Gasteiger partial charge in [0.25, 0.3) is 0 Å². The Morgan fingerprint density at radius 3 is 2.11 bits per heavy atom. The number of carbonyl (C=O) groups excluding carboxylic acids is 1. The molecular formula is C15H29N3O. The van der Waals surface area contributed by atoms with E-state index in [0.29, 0.717) is 6.54 Å². The van der Waals surface area contributed by atoms with Crippen molar-refractivity contribution >= 4 is 6.03 Å². The summed E-state index contributed by atoms with van der Waals surface area (Å²) in [6.07, 6.45) is 10.6. The molecule has 2 aliphatic rings. The van der Waals surface area contributed by atoms with E-state index in [4.69, 9.17) is 5.73 Å². The number of likely N-dealkylation sites (N-methyl/N-ethyl adjacent to an activating group) is 1. The van der Waals surface area contributed by atoms with Crippen molar-refractivity contribution < 1.29 is 4.79 Å². The molecule has 0 spiro atoms. The first-order chi connectivity index (χ1) is 9.19. The summed E-state index contributed by atoms with van der Waals surface area (Å²) in [6.45, 7) is 2.44. The lowest BCUT2D eigenvalue weighted by molar-refractivity contribution is 0.0806. The molecule has 0 radical (unpaired) electrons. The van der Waals surface area contributed by atoms with Crippen molar-refractivity contribution in [3.05, 3.63) is 0 Å². The predicted molar refractivity (Wildman–Crippen MR) is 78.1 cm³/mol. The van der Waals surface area contributed by atoms with Crippen LogP contribution in [0.1, 0.15) is 57.8 Å². The number of carbonyl (C=O) groups is 1. The molecule has 0 atom stereocenters. The Bertz CT molecular complexity index is 292. The maximum Gasteiger partial charge on any atom is 0.320 e. The van der Waals surface area contributed by atoms with Gasteiger partial charge >= 0.3 is 6.03 Å². The number of nitrogens with zero attached hydrogens (tertiary/aromatic N) is 2. The van der Waals surface area contributed by atoms with E-state index in [1.54, 1.807) is 0 Å². The Morgan fingerprint density at radius 2 is 1.58 bits per heavy atom. The van der Waals surface area contributed by atoms with Crippen LogP contribution < -0.4 is 5.73 Å². The van der Waals surface area contributed by atoms with Crippen molar-refractivity contribution in [3.63, 3.8) is 0 Å². The lowest BCUT2D eigenvalue weighted by Crippen LogP contribution is -2.58. The fraction of sp³-hybridized carbons (Fsp3) is 0.933. The van der Waals surface area contributed by atoms with E-state index in [9.17, 15) is 4.79 Å². The molecule has 1 aliphatic heterocycles. The van der Waals surface area contributed by atoms with Gasteiger partial charge < -0.3 is 15.5 Å². The van der Waals surface area contributed by atoms with Crippen LogP contribution in [0.4, 0.5) is 4.79 Å². The molecule has 1 heterocycles. The zero-order chi connectivity index (χ0) is 13.7. The molecule has 110 valence electrons. The van der Waals surface area contributed by atoms with Gasteiger partial charge in [0, 0.05) is 26.7 Å². The van der Waals surface area contributed by atoms with E-state index in [-0.39, 0.29) is 11.6 Å². The maximum absolute atomic E-state index is 12.7. The summed E-state index contributed by atoms with van der Waals surface area (Å²) < 4.78 is 0. The van der Waals surface area contributed by atoms with Gasteiger partial charge in [-0.05, 0) is 25.7 Å². The third-order valence-electron chi connectivity index (χ3n) is 5.04. The number of hydrogen-bond acceptors (Lipinski definition) is 2. The van der Waals surface area contributed by atoms with Gasteiger partial charge in [0.1, 0.15) is 0 Å². The quantitative estimate of drug-likeness (QED) is 0.836. The van der Waals surface area contributed by atoms with Gasteiger partial charge in [-0.1, -0.05) is 32.1 Å². The average Bonchev–Trinajstić information content (AvgIpc) is 2.75. The molecule has 1 saturated heterocycles. The van der Waals surface area contributed by atoms with Crippen LogP contribution in [-0.4, -0.2) is 48.1 Å². The Labute approximate surface area is 117 Å². The van der Waals surface area contributed by atoms with Gasteiger partial charge in [0.2, 0.25) is 0 Å². The second-order valence-electron chi connectivity index (χ2n) is 6.23. The standard InChI is InChI=1S/C15H29N3O/c1-17(15(13-16)9-5-4-6-10-15)14(19)18-11-7-2-3-8-12-18/h2-13,16H2,1H3. The van der Waals surface area contributed by atoms with Crippen molar-refractivity contribution in [2.45, 2.75) is 63.3 Å². The minimum absolute atomic E-state index is 0.0817. The fourth-order valence-electron chi connectivity index (χ4n) is 3.56. The molecule has 4 nitrogen and oxygen atoms in total. The summed E-state index contributed by atoms with van der Waals surface area (Å²) in [4.78, 5) is 16.7. The van der Waals surface area contributed by atoms with Gasteiger partial charge in [-0.2, -0.15) is 0 Å². The highest BCUT2D eigenvalue weighted by Crippen LogP contribution is 2.33. The van der Waals surface area contributed by atoms with Crippen LogP contribution in [0.3, 0.4) is 0 Å². The summed E-state index contributed by atoms with van der Waals surface area (Å²) in [6, 6.07) is 0.203. The second-order valence-corrected chi connectivity index (χ2v) is 6.23. The van der Waals surface area contributed by atoms with Crippen molar-refractivity contribution in [2.75, 3.05) is 26.7 Å². The summed E-state index contributed by atoms with van der Waals surface area (Å²) >= 11 is 0. The van der Waals surface area contributed by atoms with Crippen LogP contribution >= 0.6 is 0 Å². The van der Waals surface area contributed by atoms with E-state index in [2.05, 4.69) is 0 Å². The maximum atomic E-state index is 12.7. The second kappa shape index (κ2) is 6.60. The molecule has 0 aromatic heterocycles. The summed E-state index contributed by atoms with van der Waals surface area (Å²) in [5, 5.41) is 0. The van der Waals surface area contributed by atoms with Crippen molar-refractivity contribution in [1.29, 1.82) is 0 Å². The molecule has 1 saturated carbocycles. The molecule has 2 rings (SSSR count). The highest BCUT2D eigenvalue weighted by atomic mass is 16.2. The molecule has 4 heteroatoms. The SMILES string of the molecule is CN(C(=O)N1CCCCCC1)C1(CN)CCCCC1. The van der Waals surface area contributed by atoms with Crippen LogP contribution in [0.25, 0.3) is 0 Å². The van der Waals surface area contributed by atoms with Crippen LogP contribution in [0.15, 0.2) is 0 Å².